The van der Waals surface area contributed by atoms with E-state index in [2.05, 4.69) is 25.6 Å². The molecule has 0 fully saturated rings. The van der Waals surface area contributed by atoms with Gasteiger partial charge in [-0.1, -0.05) is 51.3 Å². The maximum atomic E-state index is 12.3. The fraction of sp³-hybridized carbons (Fsp3) is 0.154. The van der Waals surface area contributed by atoms with Gasteiger partial charge >= 0.3 is 0 Å². The van der Waals surface area contributed by atoms with Crippen molar-refractivity contribution >= 4 is 55.0 Å². The smallest absolute Gasteiger partial charge is 0.262 e. The topological polar surface area (TPSA) is 59.1 Å². The first-order valence-electron chi connectivity index (χ1n) is 5.84. The Morgan fingerprint density at radius 1 is 1.19 bits per heavy atom. The van der Waals surface area contributed by atoms with Crippen molar-refractivity contribution in [2.75, 3.05) is 4.72 Å². The third kappa shape index (κ3) is 3.88. The second kappa shape index (κ2) is 6.52. The lowest BCUT2D eigenvalue weighted by Crippen LogP contribution is -2.14. The van der Waals surface area contributed by atoms with E-state index in [1.165, 1.54) is 18.2 Å². The Hall–Kier alpha value is -0.820. The summed E-state index contributed by atoms with van der Waals surface area (Å²) in [7, 11) is -3.75. The predicted molar refractivity (Wildman–Crippen MR) is 88.9 cm³/mol. The van der Waals surface area contributed by atoms with Gasteiger partial charge in [-0.05, 0) is 30.7 Å². The van der Waals surface area contributed by atoms with Crippen molar-refractivity contribution in [3.63, 3.8) is 0 Å². The van der Waals surface area contributed by atoms with E-state index in [1.54, 1.807) is 19.1 Å². The molecule has 2 rings (SSSR count). The number of sulfonamides is 1. The van der Waals surface area contributed by atoms with Gasteiger partial charge in [0.25, 0.3) is 10.0 Å². The highest BCUT2D eigenvalue weighted by Crippen LogP contribution is 2.27. The van der Waals surface area contributed by atoms with E-state index < -0.39 is 10.0 Å². The Morgan fingerprint density at radius 2 is 1.81 bits per heavy atom. The maximum Gasteiger partial charge on any atom is 0.263 e. The fourth-order valence-corrected chi connectivity index (χ4v) is 3.43. The molecule has 0 bridgehead atoms. The van der Waals surface area contributed by atoms with Gasteiger partial charge in [-0.3, -0.25) is 4.72 Å². The summed E-state index contributed by atoms with van der Waals surface area (Å²) in [5, 5.41) is 1.18. The van der Waals surface area contributed by atoms with Crippen LogP contribution >= 0.6 is 39.1 Å². The largest absolute Gasteiger partial charge is 0.263 e. The number of aromatic nitrogens is 1. The molecule has 1 N–H and O–H groups in total. The van der Waals surface area contributed by atoms with Gasteiger partial charge in [0.2, 0.25) is 0 Å². The quantitative estimate of drug-likeness (QED) is 0.761. The normalized spacial score (nSPS) is 11.4. The van der Waals surface area contributed by atoms with Crippen molar-refractivity contribution in [2.24, 2.45) is 0 Å². The van der Waals surface area contributed by atoms with E-state index in [1.807, 2.05) is 0 Å². The molecule has 0 atom stereocenters. The van der Waals surface area contributed by atoms with E-state index in [0.29, 0.717) is 16.0 Å². The molecule has 0 aliphatic carbocycles. The van der Waals surface area contributed by atoms with Crippen LogP contribution in [0, 0.1) is 6.92 Å². The minimum absolute atomic E-state index is 0.0585. The number of nitrogens with one attached hydrogen (secondary N) is 1. The van der Waals surface area contributed by atoms with E-state index in [9.17, 15) is 8.42 Å². The summed E-state index contributed by atoms with van der Waals surface area (Å²) >= 11 is 15.1. The third-order valence-corrected chi connectivity index (χ3v) is 5.40. The van der Waals surface area contributed by atoms with Crippen molar-refractivity contribution in [1.82, 2.24) is 4.98 Å². The van der Waals surface area contributed by atoms with Crippen LogP contribution in [-0.4, -0.2) is 13.4 Å². The van der Waals surface area contributed by atoms with Gasteiger partial charge < -0.3 is 0 Å². The zero-order valence-electron chi connectivity index (χ0n) is 10.9. The lowest BCUT2D eigenvalue weighted by Gasteiger charge is -2.10. The highest BCUT2D eigenvalue weighted by Gasteiger charge is 2.17. The first-order valence-corrected chi connectivity index (χ1v) is 9.20. The van der Waals surface area contributed by atoms with Crippen LogP contribution in [0.4, 0.5) is 5.82 Å². The number of nitrogens with zero attached hydrogens (tertiary/aromatic N) is 1. The van der Waals surface area contributed by atoms with Crippen molar-refractivity contribution in [3.8, 4) is 0 Å². The number of benzene rings is 1. The van der Waals surface area contributed by atoms with Crippen molar-refractivity contribution in [2.45, 2.75) is 17.1 Å². The monoisotopic (exact) mass is 408 g/mol. The molecule has 0 radical (unpaired) electrons. The van der Waals surface area contributed by atoms with Crippen LogP contribution in [-0.2, 0) is 15.4 Å². The summed E-state index contributed by atoms with van der Waals surface area (Å²) in [6.07, 6.45) is 0. The van der Waals surface area contributed by atoms with Crippen molar-refractivity contribution in [3.05, 3.63) is 51.6 Å². The molecule has 0 amide bonds. The first-order chi connectivity index (χ1) is 9.83. The molecule has 8 heteroatoms. The molecule has 2 aromatic rings. The highest BCUT2D eigenvalue weighted by molar-refractivity contribution is 9.08. The van der Waals surface area contributed by atoms with Crippen molar-refractivity contribution < 1.29 is 8.42 Å². The lowest BCUT2D eigenvalue weighted by atomic mass is 10.2. The van der Waals surface area contributed by atoms with Gasteiger partial charge in [-0.15, -0.1) is 0 Å². The molecule has 112 valence electrons. The number of hydrogen-bond acceptors (Lipinski definition) is 3. The lowest BCUT2D eigenvalue weighted by molar-refractivity contribution is 0.601. The Balaban J connectivity index is 2.34. The van der Waals surface area contributed by atoms with Gasteiger partial charge in [-0.25, -0.2) is 13.4 Å². The predicted octanol–water partition coefficient (Wildman–Crippen LogP) is 4.39. The van der Waals surface area contributed by atoms with E-state index in [-0.39, 0.29) is 15.7 Å². The molecule has 1 aromatic heterocycles. The summed E-state index contributed by atoms with van der Waals surface area (Å²) in [5.74, 6) is 0.0585. The molecule has 1 aromatic carbocycles. The number of aryl methyl sites for hydroxylation is 1. The number of anilines is 1. The van der Waals surface area contributed by atoms with Crippen LogP contribution in [0.2, 0.25) is 10.0 Å². The first kappa shape index (κ1) is 16.5. The van der Waals surface area contributed by atoms with Crippen LogP contribution in [0.15, 0.2) is 35.2 Å². The molecule has 0 aliphatic rings. The summed E-state index contributed by atoms with van der Waals surface area (Å²) in [5.41, 5.74) is 1.47. The fourth-order valence-electron chi connectivity index (χ4n) is 1.57. The maximum absolute atomic E-state index is 12.3. The van der Waals surface area contributed by atoms with E-state index in [0.717, 1.165) is 5.56 Å². The highest BCUT2D eigenvalue weighted by atomic mass is 79.9. The van der Waals surface area contributed by atoms with Crippen LogP contribution < -0.4 is 4.72 Å². The molecule has 0 spiro atoms. The number of hydrogen-bond donors (Lipinski definition) is 1. The molecule has 21 heavy (non-hydrogen) atoms. The molecule has 0 saturated heterocycles. The molecular weight excluding hydrogens is 399 g/mol. The van der Waals surface area contributed by atoms with E-state index in [4.69, 9.17) is 23.2 Å². The number of rotatable bonds is 4. The molecule has 0 unspecified atom stereocenters. The molecule has 4 nitrogen and oxygen atoms in total. The minimum Gasteiger partial charge on any atom is -0.262 e. The Kier molecular flexibility index (Phi) is 5.14. The van der Waals surface area contributed by atoms with E-state index >= 15 is 0 Å². The van der Waals surface area contributed by atoms with Gasteiger partial charge in [0.1, 0.15) is 0 Å². The summed E-state index contributed by atoms with van der Waals surface area (Å²) < 4.78 is 27.0. The SMILES string of the molecule is Cc1nc(NS(=O)(=O)c2ccc(CBr)cc2)c(Cl)cc1Cl. The number of halogens is 3. The van der Waals surface area contributed by atoms with Gasteiger partial charge in [0, 0.05) is 5.33 Å². The summed E-state index contributed by atoms with van der Waals surface area (Å²) in [4.78, 5) is 4.19. The van der Waals surface area contributed by atoms with Crippen LogP contribution in [0.1, 0.15) is 11.3 Å². The third-order valence-electron chi connectivity index (χ3n) is 2.72. The second-order valence-corrected chi connectivity index (χ2v) is 7.33. The van der Waals surface area contributed by atoms with Crippen LogP contribution in [0.3, 0.4) is 0 Å². The Bertz CT molecular complexity index is 764. The summed E-state index contributed by atoms with van der Waals surface area (Å²) in [6.45, 7) is 1.67. The standard InChI is InChI=1S/C13H11BrCl2N2O2S/c1-8-11(15)6-12(16)13(17-8)18-21(19,20)10-4-2-9(7-14)3-5-10/h2-6H,7H2,1H3,(H,17,18). The summed E-state index contributed by atoms with van der Waals surface area (Å²) in [6, 6.07) is 7.96. The van der Waals surface area contributed by atoms with Crippen LogP contribution in [0.25, 0.3) is 0 Å². The van der Waals surface area contributed by atoms with Gasteiger partial charge in [0.15, 0.2) is 5.82 Å². The molecule has 1 heterocycles. The molecule has 0 saturated carbocycles. The second-order valence-electron chi connectivity index (χ2n) is 4.27. The van der Waals surface area contributed by atoms with Gasteiger partial charge in [0.05, 0.1) is 20.6 Å². The minimum atomic E-state index is -3.75. The molecule has 0 aliphatic heterocycles. The van der Waals surface area contributed by atoms with Gasteiger partial charge in [-0.2, -0.15) is 0 Å². The zero-order valence-corrected chi connectivity index (χ0v) is 14.8. The Labute approximate surface area is 141 Å². The average molecular weight is 410 g/mol. The average Bonchev–Trinajstić information content (AvgIpc) is 2.44. The van der Waals surface area contributed by atoms with Crippen LogP contribution in [0.5, 0.6) is 0 Å². The number of pyridine rings is 1. The number of alkyl halides is 1. The Morgan fingerprint density at radius 3 is 2.38 bits per heavy atom. The zero-order chi connectivity index (χ0) is 15.6. The van der Waals surface area contributed by atoms with Crippen molar-refractivity contribution in [1.29, 1.82) is 0 Å². The molecular formula is C13H11BrCl2N2O2S.